The molecule has 0 aromatic rings. The number of hydrogen-bond donors (Lipinski definition) is 1. The number of nitrogens with one attached hydrogen (secondary N) is 1. The molecular formula is C11H24N2O2. The summed E-state index contributed by atoms with van der Waals surface area (Å²) in [6.07, 6.45) is 2.39. The second kappa shape index (κ2) is 11.0. The molecule has 0 unspecified atom stereocenters. The minimum Gasteiger partial charge on any atom is -0.359 e. The van der Waals surface area contributed by atoms with Gasteiger partial charge in [-0.3, -0.25) is 9.59 Å². The summed E-state index contributed by atoms with van der Waals surface area (Å²) >= 11 is 0. The van der Waals surface area contributed by atoms with Crippen molar-refractivity contribution in [2.75, 3.05) is 20.1 Å². The van der Waals surface area contributed by atoms with Gasteiger partial charge in [0.05, 0.1) is 0 Å². The zero-order valence-electron chi connectivity index (χ0n) is 10.6. The number of likely N-dealkylation sites (tertiary alicyclic amines) is 1. The third-order valence-electron chi connectivity index (χ3n) is 1.90. The van der Waals surface area contributed by atoms with Gasteiger partial charge in [0.25, 0.3) is 0 Å². The Morgan fingerprint density at radius 2 is 1.40 bits per heavy atom. The van der Waals surface area contributed by atoms with Gasteiger partial charge in [-0.1, -0.05) is 13.8 Å². The van der Waals surface area contributed by atoms with Gasteiger partial charge < -0.3 is 10.2 Å². The lowest BCUT2D eigenvalue weighted by Crippen LogP contribution is -2.24. The Bertz CT molecular complexity index is 175. The Labute approximate surface area is 93.0 Å². The van der Waals surface area contributed by atoms with Crippen LogP contribution in [-0.4, -0.2) is 36.9 Å². The van der Waals surface area contributed by atoms with E-state index in [2.05, 4.69) is 5.32 Å². The van der Waals surface area contributed by atoms with Crippen LogP contribution in [0, 0.1) is 0 Å². The van der Waals surface area contributed by atoms with Crippen LogP contribution in [-0.2, 0) is 9.59 Å². The molecule has 90 valence electrons. The summed E-state index contributed by atoms with van der Waals surface area (Å²) < 4.78 is 0. The fraction of sp³-hybridized carbons (Fsp3) is 0.818. The van der Waals surface area contributed by atoms with Crippen LogP contribution < -0.4 is 5.32 Å². The van der Waals surface area contributed by atoms with Crippen molar-refractivity contribution in [3.05, 3.63) is 0 Å². The van der Waals surface area contributed by atoms with E-state index in [-0.39, 0.29) is 11.8 Å². The molecule has 2 amide bonds. The summed E-state index contributed by atoms with van der Waals surface area (Å²) in [7, 11) is 1.60. The number of nitrogens with zero attached hydrogens (tertiary/aromatic N) is 1. The Morgan fingerprint density at radius 1 is 1.07 bits per heavy atom. The predicted molar refractivity (Wildman–Crippen MR) is 62.6 cm³/mol. The molecule has 1 aliphatic rings. The molecule has 0 aromatic heterocycles. The van der Waals surface area contributed by atoms with E-state index in [0.717, 1.165) is 13.1 Å². The van der Waals surface area contributed by atoms with Crippen LogP contribution in [0.1, 0.15) is 40.5 Å². The first kappa shape index (κ1) is 16.4. The van der Waals surface area contributed by atoms with E-state index < -0.39 is 0 Å². The molecule has 1 rings (SSSR count). The molecule has 0 atom stereocenters. The number of amides is 2. The molecule has 1 heterocycles. The lowest BCUT2D eigenvalue weighted by Gasteiger charge is -2.10. The van der Waals surface area contributed by atoms with Crippen LogP contribution in [0.3, 0.4) is 0 Å². The number of carbonyl (C=O) groups is 2. The number of hydrogen-bond acceptors (Lipinski definition) is 2. The highest BCUT2D eigenvalue weighted by molar-refractivity contribution is 5.73. The molecule has 15 heavy (non-hydrogen) atoms. The molecule has 0 saturated carbocycles. The van der Waals surface area contributed by atoms with Gasteiger partial charge in [-0.25, -0.2) is 0 Å². The van der Waals surface area contributed by atoms with E-state index in [0.29, 0.717) is 0 Å². The van der Waals surface area contributed by atoms with E-state index in [1.165, 1.54) is 19.8 Å². The first-order chi connectivity index (χ1) is 7.07. The van der Waals surface area contributed by atoms with Gasteiger partial charge in [-0.2, -0.15) is 0 Å². The first-order valence-electron chi connectivity index (χ1n) is 5.51. The minimum absolute atomic E-state index is 0.00463. The van der Waals surface area contributed by atoms with E-state index in [9.17, 15) is 9.59 Å². The van der Waals surface area contributed by atoms with Crippen LogP contribution >= 0.6 is 0 Å². The van der Waals surface area contributed by atoms with E-state index in [4.69, 9.17) is 0 Å². The third kappa shape index (κ3) is 10.9. The van der Waals surface area contributed by atoms with Crippen LogP contribution in [0.5, 0.6) is 0 Å². The SMILES string of the molecule is CC.CC(=O)N1CCCC1.CNC(C)=O. The van der Waals surface area contributed by atoms with Gasteiger partial charge in [0.2, 0.25) is 11.8 Å². The molecular weight excluding hydrogens is 192 g/mol. The van der Waals surface area contributed by atoms with Crippen molar-refractivity contribution in [3.63, 3.8) is 0 Å². The average molecular weight is 216 g/mol. The van der Waals surface area contributed by atoms with Gasteiger partial charge in [-0.15, -0.1) is 0 Å². The zero-order chi connectivity index (χ0) is 12.3. The smallest absolute Gasteiger partial charge is 0.219 e. The van der Waals surface area contributed by atoms with Crippen LogP contribution in [0.15, 0.2) is 0 Å². The Morgan fingerprint density at radius 3 is 1.53 bits per heavy atom. The highest BCUT2D eigenvalue weighted by Gasteiger charge is 2.12. The highest BCUT2D eigenvalue weighted by Crippen LogP contribution is 2.05. The molecule has 0 bridgehead atoms. The van der Waals surface area contributed by atoms with Crippen LogP contribution in [0.4, 0.5) is 0 Å². The standard InChI is InChI=1S/C6H11NO.C3H7NO.C2H6/c1-6(8)7-4-2-3-5-7;1-3(5)4-2;1-2/h2-5H2,1H3;1-2H3,(H,4,5);1-2H3. The van der Waals surface area contributed by atoms with Gasteiger partial charge in [0.15, 0.2) is 0 Å². The predicted octanol–water partition coefficient (Wildman–Crippen LogP) is 1.41. The normalized spacial score (nSPS) is 13.0. The summed E-state index contributed by atoms with van der Waals surface area (Å²) in [6, 6.07) is 0. The molecule has 4 heteroatoms. The van der Waals surface area contributed by atoms with Crippen molar-refractivity contribution >= 4 is 11.8 Å². The number of carbonyl (C=O) groups excluding carboxylic acids is 2. The fourth-order valence-corrected chi connectivity index (χ4v) is 1.03. The van der Waals surface area contributed by atoms with Crippen LogP contribution in [0.2, 0.25) is 0 Å². The molecule has 1 N–H and O–H groups in total. The maximum Gasteiger partial charge on any atom is 0.219 e. The summed E-state index contributed by atoms with van der Waals surface area (Å²) in [5.41, 5.74) is 0. The summed E-state index contributed by atoms with van der Waals surface area (Å²) in [5, 5.41) is 2.39. The molecule has 0 aliphatic carbocycles. The Kier molecular flexibility index (Phi) is 12.0. The van der Waals surface area contributed by atoms with Gasteiger partial charge in [-0.05, 0) is 12.8 Å². The molecule has 0 radical (unpaired) electrons. The second-order valence-electron chi connectivity index (χ2n) is 3.02. The molecule has 1 fully saturated rings. The average Bonchev–Trinajstić information content (AvgIpc) is 2.75. The van der Waals surface area contributed by atoms with Gasteiger partial charge in [0, 0.05) is 34.0 Å². The molecule has 1 aliphatic heterocycles. The topological polar surface area (TPSA) is 49.4 Å². The van der Waals surface area contributed by atoms with Gasteiger partial charge in [0.1, 0.15) is 0 Å². The van der Waals surface area contributed by atoms with Crippen molar-refractivity contribution in [1.29, 1.82) is 0 Å². The summed E-state index contributed by atoms with van der Waals surface area (Å²) in [6.45, 7) is 9.07. The van der Waals surface area contributed by atoms with Crippen molar-refractivity contribution in [2.45, 2.75) is 40.5 Å². The fourth-order valence-electron chi connectivity index (χ4n) is 1.03. The van der Waals surface area contributed by atoms with Crippen molar-refractivity contribution in [2.24, 2.45) is 0 Å². The van der Waals surface area contributed by atoms with E-state index in [1.807, 2.05) is 18.7 Å². The Hall–Kier alpha value is -1.06. The lowest BCUT2D eigenvalue weighted by molar-refractivity contribution is -0.127. The summed E-state index contributed by atoms with van der Waals surface area (Å²) in [5.74, 6) is 0.229. The molecule has 0 aromatic carbocycles. The summed E-state index contributed by atoms with van der Waals surface area (Å²) in [4.78, 5) is 22.2. The van der Waals surface area contributed by atoms with Gasteiger partial charge >= 0.3 is 0 Å². The van der Waals surface area contributed by atoms with Crippen LogP contribution in [0.25, 0.3) is 0 Å². The van der Waals surface area contributed by atoms with Crippen molar-refractivity contribution in [3.8, 4) is 0 Å². The number of rotatable bonds is 0. The van der Waals surface area contributed by atoms with Crippen molar-refractivity contribution < 1.29 is 9.59 Å². The second-order valence-corrected chi connectivity index (χ2v) is 3.02. The zero-order valence-corrected chi connectivity index (χ0v) is 10.6. The quantitative estimate of drug-likeness (QED) is 0.665. The third-order valence-corrected chi connectivity index (χ3v) is 1.90. The maximum atomic E-state index is 10.6. The van der Waals surface area contributed by atoms with Crippen molar-refractivity contribution in [1.82, 2.24) is 10.2 Å². The Balaban J connectivity index is 0. The minimum atomic E-state index is 0.00463. The van der Waals surface area contributed by atoms with E-state index in [1.54, 1.807) is 14.0 Å². The maximum absolute atomic E-state index is 10.6. The molecule has 0 spiro atoms. The highest BCUT2D eigenvalue weighted by atomic mass is 16.2. The lowest BCUT2D eigenvalue weighted by atomic mass is 10.4. The monoisotopic (exact) mass is 216 g/mol. The first-order valence-corrected chi connectivity index (χ1v) is 5.51. The molecule has 4 nitrogen and oxygen atoms in total. The molecule has 1 saturated heterocycles. The largest absolute Gasteiger partial charge is 0.359 e. The van der Waals surface area contributed by atoms with E-state index >= 15 is 0 Å².